The molecule has 0 aliphatic rings. The maximum absolute atomic E-state index is 7.62. The maximum atomic E-state index is 7.62. The van der Waals surface area contributed by atoms with E-state index in [1.54, 1.807) is 0 Å². The van der Waals surface area contributed by atoms with E-state index in [4.69, 9.17) is 10.2 Å². The fourth-order valence-corrected chi connectivity index (χ4v) is 0. The summed E-state index contributed by atoms with van der Waals surface area (Å²) in [7, 11) is 0. The molecule has 2 radical (unpaired) electrons. The smallest absolute Gasteiger partial charge is 0.0662 e. The molecule has 0 heterocycles. The molecule has 0 aliphatic carbocycles. The van der Waals surface area contributed by atoms with E-state index in [0.717, 1.165) is 0 Å². The third kappa shape index (κ3) is 10.8. The molecule has 0 rings (SSSR count). The Morgan fingerprint density at radius 2 is 1.20 bits per heavy atom. The van der Waals surface area contributed by atoms with Crippen LogP contribution in [-0.4, -0.2) is 68.9 Å². The summed E-state index contributed by atoms with van der Waals surface area (Å²) >= 11 is 0. The molecule has 0 aromatic rings. The van der Waals surface area contributed by atoms with Gasteiger partial charge in [0.25, 0.3) is 0 Å². The Morgan fingerprint density at radius 3 is 1.20 bits per heavy atom. The zero-order valence-corrected chi connectivity index (χ0v) is 6.49. The zero-order valence-electron chi connectivity index (χ0n) is 3.02. The Hall–Kier alpha value is 1.40. The van der Waals surface area contributed by atoms with Crippen molar-refractivity contribution in [3.63, 3.8) is 0 Å². The minimum atomic E-state index is -0.125. The van der Waals surface area contributed by atoms with Crippen LogP contribution in [0.15, 0.2) is 0 Å². The molecule has 5 heavy (non-hydrogen) atoms. The number of hydrogen-bond donors (Lipinski definition) is 2. The minimum absolute atomic E-state index is 0. The van der Waals surface area contributed by atoms with Gasteiger partial charge >= 0.3 is 0 Å². The first-order valence-electron chi connectivity index (χ1n) is 1.13. The predicted molar refractivity (Wildman–Crippen MR) is 19.9 cm³/mol. The van der Waals surface area contributed by atoms with Crippen LogP contribution >= 0.6 is 0 Å². The van der Waals surface area contributed by atoms with Gasteiger partial charge in [0.15, 0.2) is 0 Å². The SMILES string of the molecule is OCCO.[Sr]. The topological polar surface area (TPSA) is 40.5 Å². The van der Waals surface area contributed by atoms with Gasteiger partial charge in [0.1, 0.15) is 0 Å². The van der Waals surface area contributed by atoms with Crippen molar-refractivity contribution in [3.05, 3.63) is 0 Å². The molecule has 3 heteroatoms. The van der Waals surface area contributed by atoms with Gasteiger partial charge < -0.3 is 10.2 Å². The average molecular weight is 150 g/mol. The maximum Gasteiger partial charge on any atom is 0.0662 e. The number of aliphatic hydroxyl groups excluding tert-OH is 2. The Labute approximate surface area is 68.1 Å². The zero-order chi connectivity index (χ0) is 3.41. The standard InChI is InChI=1S/C2H6O2.Sr/c3-1-2-4;/h3-4H,1-2H2;. The first kappa shape index (κ1) is 9.64. The van der Waals surface area contributed by atoms with Crippen molar-refractivity contribution in [2.24, 2.45) is 0 Å². The summed E-state index contributed by atoms with van der Waals surface area (Å²) in [6.45, 7) is -0.250. The van der Waals surface area contributed by atoms with E-state index in [0.29, 0.717) is 0 Å². The van der Waals surface area contributed by atoms with Gasteiger partial charge in [-0.25, -0.2) is 0 Å². The summed E-state index contributed by atoms with van der Waals surface area (Å²) in [4.78, 5) is 0. The molecule has 0 bridgehead atoms. The van der Waals surface area contributed by atoms with E-state index in [1.165, 1.54) is 0 Å². The second kappa shape index (κ2) is 9.04. The summed E-state index contributed by atoms with van der Waals surface area (Å²) in [6, 6.07) is 0. The third-order valence-electron chi connectivity index (χ3n) is 0.1000. The first-order valence-corrected chi connectivity index (χ1v) is 1.13. The van der Waals surface area contributed by atoms with Gasteiger partial charge in [-0.05, 0) is 0 Å². The summed E-state index contributed by atoms with van der Waals surface area (Å²) in [5.74, 6) is 0. The average Bonchev–Trinajstić information content (AvgIpc) is 1.37. The van der Waals surface area contributed by atoms with Crippen molar-refractivity contribution in [1.82, 2.24) is 0 Å². The van der Waals surface area contributed by atoms with E-state index >= 15 is 0 Å². The molecule has 0 aromatic heterocycles. The van der Waals surface area contributed by atoms with E-state index in [2.05, 4.69) is 0 Å². The molecule has 0 atom stereocenters. The summed E-state index contributed by atoms with van der Waals surface area (Å²) < 4.78 is 0. The quantitative estimate of drug-likeness (QED) is 0.450. The molecule has 0 fully saturated rings. The van der Waals surface area contributed by atoms with Gasteiger partial charge in [-0.3, -0.25) is 0 Å². The summed E-state index contributed by atoms with van der Waals surface area (Å²) in [5, 5.41) is 15.2. The molecule has 28 valence electrons. The van der Waals surface area contributed by atoms with Crippen molar-refractivity contribution in [2.45, 2.75) is 0 Å². The van der Waals surface area contributed by atoms with Gasteiger partial charge in [-0.1, -0.05) is 0 Å². The molecule has 0 amide bonds. The predicted octanol–water partition coefficient (Wildman–Crippen LogP) is -1.41. The van der Waals surface area contributed by atoms with Crippen LogP contribution in [-0.2, 0) is 0 Å². The van der Waals surface area contributed by atoms with Crippen LogP contribution in [0.5, 0.6) is 0 Å². The first-order chi connectivity index (χ1) is 1.91. The largest absolute Gasteiger partial charge is 0.394 e. The van der Waals surface area contributed by atoms with Crippen molar-refractivity contribution >= 4 is 45.5 Å². The Kier molecular flexibility index (Phi) is 17.4. The number of hydrogen-bond acceptors (Lipinski definition) is 2. The summed E-state index contributed by atoms with van der Waals surface area (Å²) in [5.41, 5.74) is 0. The fourth-order valence-electron chi connectivity index (χ4n) is 0. The van der Waals surface area contributed by atoms with Crippen molar-refractivity contribution in [1.29, 1.82) is 0 Å². The van der Waals surface area contributed by atoms with E-state index in [9.17, 15) is 0 Å². The van der Waals surface area contributed by atoms with Crippen LogP contribution in [0.3, 0.4) is 0 Å². The van der Waals surface area contributed by atoms with Crippen molar-refractivity contribution < 1.29 is 10.2 Å². The normalized spacial score (nSPS) is 6.00. The van der Waals surface area contributed by atoms with Crippen LogP contribution in [0, 0.1) is 0 Å². The van der Waals surface area contributed by atoms with Crippen LogP contribution in [0.2, 0.25) is 0 Å². The van der Waals surface area contributed by atoms with Crippen LogP contribution in [0.4, 0.5) is 0 Å². The van der Waals surface area contributed by atoms with Crippen LogP contribution in [0.1, 0.15) is 0 Å². The van der Waals surface area contributed by atoms with Gasteiger partial charge in [0.05, 0.1) is 13.2 Å². The molecule has 0 unspecified atom stereocenters. The molecule has 0 spiro atoms. The van der Waals surface area contributed by atoms with Gasteiger partial charge in [0.2, 0.25) is 0 Å². The third-order valence-corrected chi connectivity index (χ3v) is 0.1000. The molecule has 0 saturated heterocycles. The van der Waals surface area contributed by atoms with Gasteiger partial charge in [-0.15, -0.1) is 0 Å². The Morgan fingerprint density at radius 1 is 1.00 bits per heavy atom. The van der Waals surface area contributed by atoms with E-state index < -0.39 is 0 Å². The second-order valence-electron chi connectivity index (χ2n) is 0.447. The number of rotatable bonds is 1. The van der Waals surface area contributed by atoms with E-state index in [-0.39, 0.29) is 58.7 Å². The monoisotopic (exact) mass is 150 g/mol. The van der Waals surface area contributed by atoms with Crippen LogP contribution < -0.4 is 0 Å². The second-order valence-corrected chi connectivity index (χ2v) is 0.447. The summed E-state index contributed by atoms with van der Waals surface area (Å²) in [6.07, 6.45) is 0. The molecule has 0 saturated carbocycles. The molecular formula is C2H6O2Sr. The van der Waals surface area contributed by atoms with E-state index in [1.807, 2.05) is 0 Å². The molecular weight excluding hydrogens is 144 g/mol. The molecule has 0 aliphatic heterocycles. The Bertz CT molecular complexity index is 9.61. The van der Waals surface area contributed by atoms with Gasteiger partial charge in [-0.2, -0.15) is 0 Å². The molecule has 0 aromatic carbocycles. The van der Waals surface area contributed by atoms with Crippen molar-refractivity contribution in [3.8, 4) is 0 Å². The molecule has 2 N–H and O–H groups in total. The Balaban J connectivity index is 0. The van der Waals surface area contributed by atoms with Gasteiger partial charge in [0, 0.05) is 45.5 Å². The molecule has 2 nitrogen and oxygen atoms in total. The fraction of sp³-hybridized carbons (Fsp3) is 1.00. The van der Waals surface area contributed by atoms with Crippen molar-refractivity contribution in [2.75, 3.05) is 13.2 Å². The minimum Gasteiger partial charge on any atom is -0.394 e. The number of aliphatic hydroxyl groups is 2. The van der Waals surface area contributed by atoms with Crippen LogP contribution in [0.25, 0.3) is 0 Å².